The van der Waals surface area contributed by atoms with Crippen LogP contribution in [0.4, 0.5) is 0 Å². The van der Waals surface area contributed by atoms with Gasteiger partial charge in [-0.25, -0.2) is 4.98 Å². The molecule has 0 saturated carbocycles. The van der Waals surface area contributed by atoms with E-state index in [9.17, 15) is 0 Å². The number of thiazole rings is 1. The Labute approximate surface area is 121 Å². The SMILES string of the molecule is Cc1nc(Cc2ccc(Cl)cc2Cl)sc1C(C)N. The molecular weight excluding hydrogens is 287 g/mol. The van der Waals surface area contributed by atoms with Crippen LogP contribution in [0, 0.1) is 6.92 Å². The normalized spacial score (nSPS) is 12.7. The first-order chi connectivity index (χ1) is 8.47. The minimum Gasteiger partial charge on any atom is -0.323 e. The Balaban J connectivity index is 2.26. The third-order valence-corrected chi connectivity index (χ3v) is 4.59. The number of aromatic nitrogens is 1. The Morgan fingerprint density at radius 2 is 2.11 bits per heavy atom. The molecule has 0 amide bonds. The summed E-state index contributed by atoms with van der Waals surface area (Å²) in [6.07, 6.45) is 0.716. The zero-order valence-corrected chi connectivity index (χ0v) is 12.5. The third kappa shape index (κ3) is 3.04. The summed E-state index contributed by atoms with van der Waals surface area (Å²) in [4.78, 5) is 5.67. The van der Waals surface area contributed by atoms with Crippen LogP contribution < -0.4 is 5.73 Å². The van der Waals surface area contributed by atoms with Gasteiger partial charge in [0, 0.05) is 27.4 Å². The minimum absolute atomic E-state index is 0.0249. The largest absolute Gasteiger partial charge is 0.323 e. The fraction of sp³-hybridized carbons (Fsp3) is 0.308. The Morgan fingerprint density at radius 3 is 2.67 bits per heavy atom. The van der Waals surface area contributed by atoms with Crippen molar-refractivity contribution >= 4 is 34.5 Å². The van der Waals surface area contributed by atoms with Gasteiger partial charge in [0.15, 0.2) is 0 Å². The lowest BCUT2D eigenvalue weighted by molar-refractivity contribution is 0.825. The highest BCUT2D eigenvalue weighted by molar-refractivity contribution is 7.11. The first-order valence-corrected chi connectivity index (χ1v) is 7.20. The summed E-state index contributed by atoms with van der Waals surface area (Å²) in [5.74, 6) is 0. The summed E-state index contributed by atoms with van der Waals surface area (Å²) in [6.45, 7) is 3.96. The van der Waals surface area contributed by atoms with Gasteiger partial charge in [0.25, 0.3) is 0 Å². The second-order valence-electron chi connectivity index (χ2n) is 4.26. The molecule has 0 aliphatic rings. The van der Waals surface area contributed by atoms with Crippen LogP contribution in [-0.2, 0) is 6.42 Å². The van der Waals surface area contributed by atoms with Gasteiger partial charge in [-0.15, -0.1) is 11.3 Å². The van der Waals surface area contributed by atoms with E-state index in [1.165, 1.54) is 0 Å². The molecule has 2 N–H and O–H groups in total. The molecule has 0 fully saturated rings. The van der Waals surface area contributed by atoms with Crippen molar-refractivity contribution in [3.05, 3.63) is 49.4 Å². The van der Waals surface area contributed by atoms with Gasteiger partial charge in [0.1, 0.15) is 0 Å². The molecule has 18 heavy (non-hydrogen) atoms. The molecule has 0 saturated heterocycles. The van der Waals surface area contributed by atoms with Crippen LogP contribution in [0.25, 0.3) is 0 Å². The van der Waals surface area contributed by atoms with Crippen molar-refractivity contribution in [2.24, 2.45) is 5.73 Å². The number of rotatable bonds is 3. The summed E-state index contributed by atoms with van der Waals surface area (Å²) in [7, 11) is 0. The molecule has 0 spiro atoms. The third-order valence-electron chi connectivity index (χ3n) is 2.65. The van der Waals surface area contributed by atoms with E-state index >= 15 is 0 Å². The Bertz CT molecular complexity index is 564. The monoisotopic (exact) mass is 300 g/mol. The van der Waals surface area contributed by atoms with E-state index in [1.807, 2.05) is 26.0 Å². The van der Waals surface area contributed by atoms with E-state index in [1.54, 1.807) is 17.4 Å². The van der Waals surface area contributed by atoms with Crippen LogP contribution in [0.5, 0.6) is 0 Å². The summed E-state index contributed by atoms with van der Waals surface area (Å²) < 4.78 is 0. The van der Waals surface area contributed by atoms with Gasteiger partial charge in [0.05, 0.1) is 10.7 Å². The van der Waals surface area contributed by atoms with Crippen LogP contribution in [0.1, 0.15) is 34.1 Å². The molecule has 2 nitrogen and oxygen atoms in total. The molecule has 0 aliphatic heterocycles. The van der Waals surface area contributed by atoms with Gasteiger partial charge < -0.3 is 5.73 Å². The van der Waals surface area contributed by atoms with Gasteiger partial charge in [0.2, 0.25) is 0 Å². The maximum absolute atomic E-state index is 6.16. The topological polar surface area (TPSA) is 38.9 Å². The van der Waals surface area contributed by atoms with Gasteiger partial charge in [-0.3, -0.25) is 0 Å². The average Bonchev–Trinajstić information content (AvgIpc) is 2.64. The molecule has 96 valence electrons. The molecule has 2 aromatic rings. The molecule has 1 aromatic carbocycles. The number of hydrogen-bond acceptors (Lipinski definition) is 3. The zero-order chi connectivity index (χ0) is 13.3. The molecule has 2 rings (SSSR count). The molecular formula is C13H14Cl2N2S. The van der Waals surface area contributed by atoms with Crippen molar-refractivity contribution in [2.75, 3.05) is 0 Å². The summed E-state index contributed by atoms with van der Waals surface area (Å²) in [6, 6.07) is 5.56. The maximum atomic E-state index is 6.16. The molecule has 1 aromatic heterocycles. The number of halogens is 2. The van der Waals surface area contributed by atoms with Crippen LogP contribution in [0.3, 0.4) is 0 Å². The highest BCUT2D eigenvalue weighted by Crippen LogP contribution is 2.28. The highest BCUT2D eigenvalue weighted by Gasteiger charge is 2.12. The minimum atomic E-state index is 0.0249. The van der Waals surface area contributed by atoms with Gasteiger partial charge >= 0.3 is 0 Å². The van der Waals surface area contributed by atoms with Crippen molar-refractivity contribution in [3.63, 3.8) is 0 Å². The fourth-order valence-corrected chi connectivity index (χ4v) is 3.31. The van der Waals surface area contributed by atoms with Crippen molar-refractivity contribution < 1.29 is 0 Å². The van der Waals surface area contributed by atoms with E-state index in [4.69, 9.17) is 28.9 Å². The summed E-state index contributed by atoms with van der Waals surface area (Å²) >= 11 is 13.7. The van der Waals surface area contributed by atoms with Crippen LogP contribution >= 0.6 is 34.5 Å². The number of hydrogen-bond donors (Lipinski definition) is 1. The number of benzene rings is 1. The van der Waals surface area contributed by atoms with Crippen LogP contribution in [0.15, 0.2) is 18.2 Å². The van der Waals surface area contributed by atoms with E-state index in [2.05, 4.69) is 4.98 Å². The Hall–Kier alpha value is -0.610. The van der Waals surface area contributed by atoms with Gasteiger partial charge in [-0.1, -0.05) is 29.3 Å². The molecule has 0 bridgehead atoms. The van der Waals surface area contributed by atoms with E-state index in [0.29, 0.717) is 16.5 Å². The van der Waals surface area contributed by atoms with Crippen LogP contribution in [0.2, 0.25) is 10.0 Å². The Kier molecular flexibility index (Phi) is 4.28. The molecule has 0 aliphatic carbocycles. The lowest BCUT2D eigenvalue weighted by Crippen LogP contribution is -2.03. The molecule has 1 unspecified atom stereocenters. The second kappa shape index (κ2) is 5.57. The lowest BCUT2D eigenvalue weighted by atomic mass is 10.1. The van der Waals surface area contributed by atoms with Crippen molar-refractivity contribution in [1.29, 1.82) is 0 Å². The van der Waals surface area contributed by atoms with Crippen molar-refractivity contribution in [1.82, 2.24) is 4.98 Å². The second-order valence-corrected chi connectivity index (χ2v) is 6.22. The lowest BCUT2D eigenvalue weighted by Gasteiger charge is -2.02. The summed E-state index contributed by atoms with van der Waals surface area (Å²) in [5, 5.41) is 2.36. The quantitative estimate of drug-likeness (QED) is 0.914. The highest BCUT2D eigenvalue weighted by atomic mass is 35.5. The number of nitrogens with two attached hydrogens (primary N) is 1. The average molecular weight is 301 g/mol. The molecule has 1 heterocycles. The zero-order valence-electron chi connectivity index (χ0n) is 10.2. The molecule has 0 radical (unpaired) electrons. The first-order valence-electron chi connectivity index (χ1n) is 5.63. The van der Waals surface area contributed by atoms with E-state index in [0.717, 1.165) is 21.1 Å². The standard InChI is InChI=1S/C13H14Cl2N2S/c1-7(16)13-8(2)17-12(18-13)5-9-3-4-10(14)6-11(9)15/h3-4,6-7H,5,16H2,1-2H3. The van der Waals surface area contributed by atoms with Gasteiger partial charge in [-0.2, -0.15) is 0 Å². The van der Waals surface area contributed by atoms with Gasteiger partial charge in [-0.05, 0) is 31.5 Å². The van der Waals surface area contributed by atoms with Crippen LogP contribution in [-0.4, -0.2) is 4.98 Å². The first kappa shape index (κ1) is 13.8. The Morgan fingerprint density at radius 1 is 1.39 bits per heavy atom. The predicted molar refractivity (Wildman–Crippen MR) is 78.7 cm³/mol. The van der Waals surface area contributed by atoms with Crippen molar-refractivity contribution in [2.45, 2.75) is 26.3 Å². The smallest absolute Gasteiger partial charge is 0.0975 e. The number of nitrogens with zero attached hydrogens (tertiary/aromatic N) is 1. The van der Waals surface area contributed by atoms with Crippen molar-refractivity contribution in [3.8, 4) is 0 Å². The summed E-state index contributed by atoms with van der Waals surface area (Å²) in [5.41, 5.74) is 7.94. The predicted octanol–water partition coefficient (Wildman–Crippen LogP) is 4.37. The maximum Gasteiger partial charge on any atom is 0.0975 e. The number of aryl methyl sites for hydroxylation is 1. The molecule has 5 heteroatoms. The molecule has 1 atom stereocenters. The van der Waals surface area contributed by atoms with E-state index in [-0.39, 0.29) is 6.04 Å². The van der Waals surface area contributed by atoms with E-state index < -0.39 is 0 Å². The fourth-order valence-electron chi connectivity index (χ4n) is 1.79.